The molecular formula is C20H19N3O3S. The molecule has 2 amide bonds. The maximum absolute atomic E-state index is 12.3. The number of para-hydroxylation sites is 1. The minimum Gasteiger partial charge on any atom is -0.457 e. The molecule has 1 heterocycles. The second-order valence-electron chi connectivity index (χ2n) is 6.45. The first-order valence-corrected chi connectivity index (χ1v) is 9.72. The van der Waals surface area contributed by atoms with E-state index < -0.39 is 5.25 Å². The van der Waals surface area contributed by atoms with Crippen LogP contribution >= 0.6 is 11.8 Å². The number of amides is 2. The van der Waals surface area contributed by atoms with E-state index in [1.165, 1.54) is 11.8 Å². The minimum atomic E-state index is -0.428. The SMILES string of the molecule is O=C(C[C@H]1SC(=NC2CC2)NC1=O)Nc1ccc(Oc2ccccc2)cc1. The Morgan fingerprint density at radius 2 is 1.81 bits per heavy atom. The number of hydrogen-bond donors (Lipinski definition) is 2. The summed E-state index contributed by atoms with van der Waals surface area (Å²) in [5, 5.41) is 5.79. The predicted octanol–water partition coefficient (Wildman–Crippen LogP) is 3.56. The van der Waals surface area contributed by atoms with Gasteiger partial charge in [-0.15, -0.1) is 0 Å². The highest BCUT2D eigenvalue weighted by atomic mass is 32.2. The quantitative estimate of drug-likeness (QED) is 0.802. The van der Waals surface area contributed by atoms with E-state index in [1.54, 1.807) is 24.3 Å². The Morgan fingerprint density at radius 3 is 2.52 bits per heavy atom. The highest BCUT2D eigenvalue weighted by Gasteiger charge is 2.33. The highest BCUT2D eigenvalue weighted by molar-refractivity contribution is 8.15. The van der Waals surface area contributed by atoms with Crippen molar-refractivity contribution in [3.8, 4) is 11.5 Å². The van der Waals surface area contributed by atoms with Crippen molar-refractivity contribution in [3.63, 3.8) is 0 Å². The average Bonchev–Trinajstić information content (AvgIpc) is 3.41. The van der Waals surface area contributed by atoms with E-state index in [2.05, 4.69) is 15.6 Å². The standard InChI is InChI=1S/C20H19N3O3S/c24-18(12-17-19(25)23-20(27-17)22-14-6-7-14)21-13-8-10-16(11-9-13)26-15-4-2-1-3-5-15/h1-5,8-11,14,17H,6-7,12H2,(H,21,24)(H,22,23,25)/t17-/m1/s1. The van der Waals surface area contributed by atoms with Gasteiger partial charge in [0.05, 0.1) is 6.04 Å². The van der Waals surface area contributed by atoms with Crippen molar-refractivity contribution in [2.24, 2.45) is 4.99 Å². The number of benzene rings is 2. The number of amidine groups is 1. The molecule has 4 rings (SSSR count). The molecule has 2 aromatic carbocycles. The van der Waals surface area contributed by atoms with E-state index in [-0.39, 0.29) is 18.2 Å². The predicted molar refractivity (Wildman–Crippen MR) is 106 cm³/mol. The van der Waals surface area contributed by atoms with Gasteiger partial charge in [-0.05, 0) is 49.2 Å². The van der Waals surface area contributed by atoms with Crippen molar-refractivity contribution < 1.29 is 14.3 Å². The Morgan fingerprint density at radius 1 is 1.11 bits per heavy atom. The summed E-state index contributed by atoms with van der Waals surface area (Å²) in [5.41, 5.74) is 0.663. The number of nitrogens with zero attached hydrogens (tertiary/aromatic N) is 1. The lowest BCUT2D eigenvalue weighted by Gasteiger charge is -2.09. The molecule has 0 aromatic heterocycles. The third-order valence-corrected chi connectivity index (χ3v) is 5.21. The largest absolute Gasteiger partial charge is 0.457 e. The topological polar surface area (TPSA) is 79.8 Å². The number of ether oxygens (including phenoxy) is 1. The summed E-state index contributed by atoms with van der Waals surface area (Å²) in [7, 11) is 0. The number of nitrogens with one attached hydrogen (secondary N) is 2. The van der Waals surface area contributed by atoms with Crippen LogP contribution in [-0.2, 0) is 9.59 Å². The summed E-state index contributed by atoms with van der Waals surface area (Å²) in [6.07, 6.45) is 2.27. The zero-order valence-electron chi connectivity index (χ0n) is 14.6. The van der Waals surface area contributed by atoms with Crippen LogP contribution in [0, 0.1) is 0 Å². The smallest absolute Gasteiger partial charge is 0.240 e. The first-order chi connectivity index (χ1) is 13.2. The monoisotopic (exact) mass is 381 g/mol. The number of aliphatic imine (C=N–C) groups is 1. The molecule has 2 aliphatic rings. The van der Waals surface area contributed by atoms with Crippen LogP contribution in [-0.4, -0.2) is 28.3 Å². The van der Waals surface area contributed by atoms with Crippen LogP contribution in [0.2, 0.25) is 0 Å². The van der Waals surface area contributed by atoms with Crippen molar-refractivity contribution in [1.82, 2.24) is 5.32 Å². The van der Waals surface area contributed by atoms with Gasteiger partial charge in [-0.2, -0.15) is 0 Å². The molecule has 0 spiro atoms. The molecular weight excluding hydrogens is 362 g/mol. The van der Waals surface area contributed by atoms with Crippen LogP contribution in [0.25, 0.3) is 0 Å². The van der Waals surface area contributed by atoms with E-state index in [4.69, 9.17) is 4.74 Å². The van der Waals surface area contributed by atoms with Gasteiger partial charge in [0.15, 0.2) is 5.17 Å². The van der Waals surface area contributed by atoms with Crippen LogP contribution in [0.5, 0.6) is 11.5 Å². The minimum absolute atomic E-state index is 0.114. The summed E-state index contributed by atoms with van der Waals surface area (Å²) < 4.78 is 5.73. The number of anilines is 1. The summed E-state index contributed by atoms with van der Waals surface area (Å²) in [6.45, 7) is 0. The molecule has 1 aliphatic carbocycles. The van der Waals surface area contributed by atoms with Crippen LogP contribution in [0.15, 0.2) is 59.6 Å². The fourth-order valence-electron chi connectivity index (χ4n) is 2.58. The zero-order chi connectivity index (χ0) is 18.6. The number of thioether (sulfide) groups is 1. The highest BCUT2D eigenvalue weighted by Crippen LogP contribution is 2.29. The average molecular weight is 381 g/mol. The molecule has 138 valence electrons. The lowest BCUT2D eigenvalue weighted by molar-refractivity contribution is -0.122. The van der Waals surface area contributed by atoms with E-state index in [9.17, 15) is 9.59 Å². The lowest BCUT2D eigenvalue weighted by Crippen LogP contribution is -2.28. The second-order valence-corrected chi connectivity index (χ2v) is 7.64. The van der Waals surface area contributed by atoms with E-state index in [0.29, 0.717) is 22.6 Å². The van der Waals surface area contributed by atoms with Crippen LogP contribution in [0.1, 0.15) is 19.3 Å². The van der Waals surface area contributed by atoms with Crippen LogP contribution in [0.3, 0.4) is 0 Å². The maximum atomic E-state index is 12.3. The van der Waals surface area contributed by atoms with Gasteiger partial charge in [-0.25, -0.2) is 0 Å². The Bertz CT molecular complexity index is 864. The number of rotatable bonds is 6. The van der Waals surface area contributed by atoms with Gasteiger partial charge < -0.3 is 15.4 Å². The molecule has 2 fully saturated rings. The Balaban J connectivity index is 1.29. The third kappa shape index (κ3) is 4.89. The van der Waals surface area contributed by atoms with Crippen LogP contribution in [0.4, 0.5) is 5.69 Å². The van der Waals surface area contributed by atoms with Crippen molar-refractivity contribution in [2.45, 2.75) is 30.6 Å². The molecule has 2 N–H and O–H groups in total. The Labute approximate surface area is 161 Å². The molecule has 6 nitrogen and oxygen atoms in total. The van der Waals surface area contributed by atoms with Crippen molar-refractivity contribution in [3.05, 3.63) is 54.6 Å². The molecule has 0 radical (unpaired) electrons. The molecule has 1 saturated carbocycles. The van der Waals surface area contributed by atoms with Gasteiger partial charge in [-0.1, -0.05) is 30.0 Å². The van der Waals surface area contributed by atoms with E-state index >= 15 is 0 Å². The van der Waals surface area contributed by atoms with Gasteiger partial charge >= 0.3 is 0 Å². The normalized spacial score (nSPS) is 20.4. The van der Waals surface area contributed by atoms with Crippen LogP contribution < -0.4 is 15.4 Å². The maximum Gasteiger partial charge on any atom is 0.240 e. The number of carbonyl (C=O) groups is 2. The fraction of sp³-hybridized carbons (Fsp3) is 0.250. The molecule has 27 heavy (non-hydrogen) atoms. The molecule has 0 bridgehead atoms. The van der Waals surface area contributed by atoms with Gasteiger partial charge in [0, 0.05) is 12.1 Å². The van der Waals surface area contributed by atoms with Crippen molar-refractivity contribution >= 4 is 34.4 Å². The summed E-state index contributed by atoms with van der Waals surface area (Å²) >= 11 is 1.34. The second kappa shape index (κ2) is 7.84. The summed E-state index contributed by atoms with van der Waals surface area (Å²) in [6, 6.07) is 17.0. The first kappa shape index (κ1) is 17.6. The molecule has 1 aliphatic heterocycles. The fourth-order valence-corrected chi connectivity index (χ4v) is 3.62. The molecule has 0 unspecified atom stereocenters. The van der Waals surface area contributed by atoms with Crippen molar-refractivity contribution in [2.75, 3.05) is 5.32 Å². The molecule has 1 atom stereocenters. The third-order valence-electron chi connectivity index (χ3n) is 4.11. The van der Waals surface area contributed by atoms with E-state index in [1.807, 2.05) is 30.3 Å². The first-order valence-electron chi connectivity index (χ1n) is 8.84. The van der Waals surface area contributed by atoms with Gasteiger partial charge in [0.1, 0.15) is 16.7 Å². The number of carbonyl (C=O) groups excluding carboxylic acids is 2. The Kier molecular flexibility index (Phi) is 5.11. The van der Waals surface area contributed by atoms with E-state index in [0.717, 1.165) is 18.6 Å². The van der Waals surface area contributed by atoms with Gasteiger partial charge in [0.2, 0.25) is 11.8 Å². The zero-order valence-corrected chi connectivity index (χ0v) is 15.4. The van der Waals surface area contributed by atoms with Crippen molar-refractivity contribution in [1.29, 1.82) is 0 Å². The Hall–Kier alpha value is -2.80. The lowest BCUT2D eigenvalue weighted by atomic mass is 10.2. The molecule has 1 saturated heterocycles. The van der Waals surface area contributed by atoms with Gasteiger partial charge in [-0.3, -0.25) is 14.6 Å². The van der Waals surface area contributed by atoms with Gasteiger partial charge in [0.25, 0.3) is 0 Å². The number of hydrogen-bond acceptors (Lipinski definition) is 5. The summed E-state index contributed by atoms with van der Waals surface area (Å²) in [4.78, 5) is 28.7. The molecule has 7 heteroatoms. The molecule has 2 aromatic rings. The summed E-state index contributed by atoms with van der Waals surface area (Å²) in [5.74, 6) is 1.08.